The number of carbonyl (C=O) groups is 2. The molecule has 2 aromatic rings. The van der Waals surface area contributed by atoms with E-state index in [1.54, 1.807) is 24.3 Å². The summed E-state index contributed by atoms with van der Waals surface area (Å²) in [7, 11) is 0. The van der Waals surface area contributed by atoms with E-state index in [9.17, 15) is 9.59 Å². The fourth-order valence-corrected chi connectivity index (χ4v) is 2.10. The van der Waals surface area contributed by atoms with Crippen LogP contribution in [0.15, 0.2) is 48.5 Å². The normalized spacial score (nSPS) is 10.1. The highest BCUT2D eigenvalue weighted by atomic mass is 35.5. The summed E-state index contributed by atoms with van der Waals surface area (Å²) >= 11 is 5.82. The van der Waals surface area contributed by atoms with Gasteiger partial charge in [0, 0.05) is 17.3 Å². The molecule has 0 fully saturated rings. The van der Waals surface area contributed by atoms with E-state index in [4.69, 9.17) is 11.6 Å². The molecule has 0 aliphatic carbocycles. The van der Waals surface area contributed by atoms with Crippen molar-refractivity contribution >= 4 is 29.1 Å². The molecular weight excluding hydrogens is 300 g/mol. The van der Waals surface area contributed by atoms with E-state index in [0.29, 0.717) is 17.3 Å². The van der Waals surface area contributed by atoms with E-state index in [1.165, 1.54) is 5.56 Å². The third-order valence-corrected chi connectivity index (χ3v) is 3.41. The Morgan fingerprint density at radius 1 is 1.00 bits per heavy atom. The molecule has 0 atom stereocenters. The van der Waals surface area contributed by atoms with Crippen LogP contribution in [0.2, 0.25) is 5.02 Å². The van der Waals surface area contributed by atoms with Crippen LogP contribution < -0.4 is 10.6 Å². The Bertz CT molecular complexity index is 669. The van der Waals surface area contributed by atoms with Crippen LogP contribution in [0.3, 0.4) is 0 Å². The van der Waals surface area contributed by atoms with Gasteiger partial charge in [-0.25, -0.2) is 0 Å². The van der Waals surface area contributed by atoms with Gasteiger partial charge in [-0.05, 0) is 35.7 Å². The zero-order valence-electron chi connectivity index (χ0n) is 12.2. The zero-order chi connectivity index (χ0) is 15.9. The number of anilines is 1. The van der Waals surface area contributed by atoms with Crippen molar-refractivity contribution in [3.8, 4) is 0 Å². The Morgan fingerprint density at radius 2 is 1.68 bits per heavy atom. The van der Waals surface area contributed by atoms with Crippen LogP contribution in [0.1, 0.15) is 18.1 Å². The number of halogens is 1. The first-order valence-corrected chi connectivity index (χ1v) is 7.39. The summed E-state index contributed by atoms with van der Waals surface area (Å²) in [5, 5.41) is 5.58. The number of carbonyl (C=O) groups excluding carboxylic acids is 2. The first-order chi connectivity index (χ1) is 10.6. The van der Waals surface area contributed by atoms with Gasteiger partial charge < -0.3 is 10.6 Å². The lowest BCUT2D eigenvalue weighted by Crippen LogP contribution is -2.34. The smallest absolute Gasteiger partial charge is 0.313 e. The molecule has 0 radical (unpaired) electrons. The molecule has 0 saturated carbocycles. The number of aryl methyl sites for hydroxylation is 1. The van der Waals surface area contributed by atoms with Gasteiger partial charge in [0.25, 0.3) is 0 Å². The van der Waals surface area contributed by atoms with Gasteiger partial charge in [0.1, 0.15) is 0 Å². The molecule has 0 heterocycles. The van der Waals surface area contributed by atoms with Crippen LogP contribution in [-0.4, -0.2) is 11.8 Å². The number of rotatable bonds is 4. The molecule has 0 spiro atoms. The maximum Gasteiger partial charge on any atom is 0.313 e. The SMILES string of the molecule is CCc1ccc(CNC(=O)C(=O)Nc2cccc(Cl)c2)cc1. The van der Waals surface area contributed by atoms with Gasteiger partial charge in [0.2, 0.25) is 0 Å². The molecule has 0 aromatic heterocycles. The summed E-state index contributed by atoms with van der Waals surface area (Å²) < 4.78 is 0. The molecule has 4 nitrogen and oxygen atoms in total. The third kappa shape index (κ3) is 4.60. The first-order valence-electron chi connectivity index (χ1n) is 7.01. The molecule has 2 amide bonds. The van der Waals surface area contributed by atoms with E-state index in [2.05, 4.69) is 17.6 Å². The summed E-state index contributed by atoms with van der Waals surface area (Å²) in [6, 6.07) is 14.5. The summed E-state index contributed by atoms with van der Waals surface area (Å²) in [4.78, 5) is 23.6. The van der Waals surface area contributed by atoms with Crippen molar-refractivity contribution in [1.29, 1.82) is 0 Å². The van der Waals surface area contributed by atoms with Crippen molar-refractivity contribution < 1.29 is 9.59 Å². The number of hydrogen-bond donors (Lipinski definition) is 2. The molecule has 22 heavy (non-hydrogen) atoms. The van der Waals surface area contributed by atoms with E-state index in [-0.39, 0.29) is 0 Å². The number of nitrogens with one attached hydrogen (secondary N) is 2. The Kier molecular flexibility index (Phi) is 5.55. The average Bonchev–Trinajstić information content (AvgIpc) is 2.53. The summed E-state index contributed by atoms with van der Waals surface area (Å²) in [6.07, 6.45) is 0.967. The molecule has 2 rings (SSSR count). The van der Waals surface area contributed by atoms with Crippen molar-refractivity contribution in [3.63, 3.8) is 0 Å². The van der Waals surface area contributed by atoms with Gasteiger partial charge in [-0.15, -0.1) is 0 Å². The Morgan fingerprint density at radius 3 is 2.32 bits per heavy atom. The summed E-state index contributed by atoms with van der Waals surface area (Å²) in [5.41, 5.74) is 2.66. The van der Waals surface area contributed by atoms with E-state index in [0.717, 1.165) is 12.0 Å². The van der Waals surface area contributed by atoms with Gasteiger partial charge in [-0.3, -0.25) is 9.59 Å². The minimum absolute atomic E-state index is 0.311. The van der Waals surface area contributed by atoms with E-state index in [1.807, 2.05) is 24.3 Å². The molecular formula is C17H17ClN2O2. The molecule has 0 bridgehead atoms. The van der Waals surface area contributed by atoms with Crippen LogP contribution in [0.5, 0.6) is 0 Å². The van der Waals surface area contributed by atoms with Gasteiger partial charge in [0.15, 0.2) is 0 Å². The van der Waals surface area contributed by atoms with Gasteiger partial charge >= 0.3 is 11.8 Å². The second-order valence-electron chi connectivity index (χ2n) is 4.82. The Hall–Kier alpha value is -2.33. The predicted octanol–water partition coefficient (Wildman–Crippen LogP) is 3.16. The Labute approximate surface area is 134 Å². The number of amides is 2. The van der Waals surface area contributed by atoms with Crippen molar-refractivity contribution in [2.24, 2.45) is 0 Å². The molecule has 0 unspecified atom stereocenters. The van der Waals surface area contributed by atoms with E-state index >= 15 is 0 Å². The predicted molar refractivity (Wildman–Crippen MR) is 87.7 cm³/mol. The van der Waals surface area contributed by atoms with Crippen molar-refractivity contribution in [2.45, 2.75) is 19.9 Å². The second-order valence-corrected chi connectivity index (χ2v) is 5.25. The molecule has 0 saturated heterocycles. The van der Waals surface area contributed by atoms with Crippen molar-refractivity contribution in [1.82, 2.24) is 5.32 Å². The first kappa shape index (κ1) is 16.0. The van der Waals surface area contributed by atoms with Crippen LogP contribution in [-0.2, 0) is 22.6 Å². The van der Waals surface area contributed by atoms with Gasteiger partial charge in [-0.1, -0.05) is 48.9 Å². The monoisotopic (exact) mass is 316 g/mol. The average molecular weight is 317 g/mol. The highest BCUT2D eigenvalue weighted by molar-refractivity contribution is 6.39. The summed E-state index contributed by atoms with van der Waals surface area (Å²) in [5.74, 6) is -1.40. The van der Waals surface area contributed by atoms with Crippen molar-refractivity contribution in [3.05, 3.63) is 64.7 Å². The van der Waals surface area contributed by atoms with Crippen LogP contribution >= 0.6 is 11.6 Å². The minimum Gasteiger partial charge on any atom is -0.344 e. The van der Waals surface area contributed by atoms with Crippen molar-refractivity contribution in [2.75, 3.05) is 5.32 Å². The maximum atomic E-state index is 11.8. The maximum absolute atomic E-state index is 11.8. The molecule has 2 N–H and O–H groups in total. The van der Waals surface area contributed by atoms with Gasteiger partial charge in [0.05, 0.1) is 0 Å². The molecule has 114 valence electrons. The van der Waals surface area contributed by atoms with Crippen LogP contribution in [0.25, 0.3) is 0 Å². The standard InChI is InChI=1S/C17H17ClN2O2/c1-2-12-6-8-13(9-7-12)11-19-16(21)17(22)20-15-5-3-4-14(18)10-15/h3-10H,2,11H2,1H3,(H,19,21)(H,20,22). The topological polar surface area (TPSA) is 58.2 Å². The molecule has 0 aliphatic heterocycles. The highest BCUT2D eigenvalue weighted by Crippen LogP contribution is 2.14. The number of benzene rings is 2. The fraction of sp³-hybridized carbons (Fsp3) is 0.176. The molecule has 5 heteroatoms. The second kappa shape index (κ2) is 7.61. The summed E-state index contributed by atoms with van der Waals surface area (Å²) in [6.45, 7) is 2.39. The van der Waals surface area contributed by atoms with Crippen LogP contribution in [0.4, 0.5) is 5.69 Å². The zero-order valence-corrected chi connectivity index (χ0v) is 13.0. The molecule has 0 aliphatic rings. The quantitative estimate of drug-likeness (QED) is 0.851. The largest absolute Gasteiger partial charge is 0.344 e. The third-order valence-electron chi connectivity index (χ3n) is 3.17. The lowest BCUT2D eigenvalue weighted by molar-refractivity contribution is -0.136. The Balaban J connectivity index is 1.87. The molecule has 2 aromatic carbocycles. The highest BCUT2D eigenvalue weighted by Gasteiger charge is 2.13. The minimum atomic E-state index is -0.715. The number of hydrogen-bond acceptors (Lipinski definition) is 2. The van der Waals surface area contributed by atoms with Crippen LogP contribution in [0, 0.1) is 0 Å². The fourth-order valence-electron chi connectivity index (χ4n) is 1.91. The lowest BCUT2D eigenvalue weighted by Gasteiger charge is -2.07. The van der Waals surface area contributed by atoms with Gasteiger partial charge in [-0.2, -0.15) is 0 Å². The lowest BCUT2D eigenvalue weighted by atomic mass is 10.1. The van der Waals surface area contributed by atoms with E-state index < -0.39 is 11.8 Å².